The molecule has 0 aliphatic rings. The van der Waals surface area contributed by atoms with Gasteiger partial charge in [0.25, 0.3) is 0 Å². The Labute approximate surface area is 119 Å². The van der Waals surface area contributed by atoms with Gasteiger partial charge >= 0.3 is 0 Å². The van der Waals surface area contributed by atoms with Crippen molar-refractivity contribution in [2.75, 3.05) is 11.9 Å². The fourth-order valence-corrected chi connectivity index (χ4v) is 2.35. The second-order valence-corrected chi connectivity index (χ2v) is 4.97. The second kappa shape index (κ2) is 6.60. The van der Waals surface area contributed by atoms with Crippen molar-refractivity contribution in [2.45, 2.75) is 19.4 Å². The number of nitrogens with one attached hydrogen (secondary N) is 1. The van der Waals surface area contributed by atoms with E-state index < -0.39 is 0 Å². The number of hydrogen-bond acceptors (Lipinski definition) is 2. The Morgan fingerprint density at radius 2 is 1.79 bits per heavy atom. The fraction of sp³-hybridized carbons (Fsp3) is 0.250. The lowest BCUT2D eigenvalue weighted by molar-refractivity contribution is 0.299. The molecule has 1 unspecified atom stereocenters. The summed E-state index contributed by atoms with van der Waals surface area (Å²) in [6.45, 7) is 2.27. The first kappa shape index (κ1) is 13.9. The standard InChI is InChI=1S/C16H18ClNO/c1-12(15-4-2-3-5-16(15)17)18-14-8-6-13(7-9-14)10-11-19/h2-9,12,18-19H,10-11H2,1H3. The van der Waals surface area contributed by atoms with Gasteiger partial charge in [0.1, 0.15) is 0 Å². The quantitative estimate of drug-likeness (QED) is 0.863. The van der Waals surface area contributed by atoms with Crippen molar-refractivity contribution in [3.05, 3.63) is 64.7 Å². The first-order chi connectivity index (χ1) is 9.20. The molecule has 2 rings (SSSR count). The average Bonchev–Trinajstić information content (AvgIpc) is 2.42. The molecule has 0 bridgehead atoms. The van der Waals surface area contributed by atoms with Crippen LogP contribution < -0.4 is 5.32 Å². The van der Waals surface area contributed by atoms with Gasteiger partial charge in [-0.1, -0.05) is 41.9 Å². The van der Waals surface area contributed by atoms with Gasteiger partial charge in [-0.05, 0) is 42.7 Å². The topological polar surface area (TPSA) is 32.3 Å². The molecule has 0 amide bonds. The van der Waals surface area contributed by atoms with Crippen molar-refractivity contribution >= 4 is 17.3 Å². The summed E-state index contributed by atoms with van der Waals surface area (Å²) >= 11 is 6.18. The third kappa shape index (κ3) is 3.72. The maximum Gasteiger partial charge on any atom is 0.0500 e. The van der Waals surface area contributed by atoms with E-state index in [-0.39, 0.29) is 12.6 Å². The molecule has 1 atom stereocenters. The largest absolute Gasteiger partial charge is 0.396 e. The summed E-state index contributed by atoms with van der Waals surface area (Å²) in [6.07, 6.45) is 0.695. The van der Waals surface area contributed by atoms with Crippen LogP contribution in [0.3, 0.4) is 0 Å². The van der Waals surface area contributed by atoms with E-state index in [1.807, 2.05) is 48.5 Å². The van der Waals surface area contributed by atoms with Crippen molar-refractivity contribution in [3.8, 4) is 0 Å². The zero-order valence-corrected chi connectivity index (χ0v) is 11.7. The zero-order valence-electron chi connectivity index (χ0n) is 10.9. The van der Waals surface area contributed by atoms with Gasteiger partial charge in [-0.25, -0.2) is 0 Å². The minimum Gasteiger partial charge on any atom is -0.396 e. The van der Waals surface area contributed by atoms with E-state index >= 15 is 0 Å². The van der Waals surface area contributed by atoms with E-state index in [2.05, 4.69) is 12.2 Å². The van der Waals surface area contributed by atoms with Crippen molar-refractivity contribution in [3.63, 3.8) is 0 Å². The SMILES string of the molecule is CC(Nc1ccc(CCO)cc1)c1ccccc1Cl. The molecule has 0 aliphatic heterocycles. The Balaban J connectivity index is 2.06. The Hall–Kier alpha value is -1.51. The Kier molecular flexibility index (Phi) is 4.83. The number of hydrogen-bond donors (Lipinski definition) is 2. The van der Waals surface area contributed by atoms with E-state index in [1.165, 1.54) is 0 Å². The van der Waals surface area contributed by atoms with Crippen molar-refractivity contribution in [1.82, 2.24) is 0 Å². The summed E-state index contributed by atoms with van der Waals surface area (Å²) in [4.78, 5) is 0. The van der Waals surface area contributed by atoms with Crippen LogP contribution >= 0.6 is 11.6 Å². The maximum absolute atomic E-state index is 8.88. The van der Waals surface area contributed by atoms with Crippen LogP contribution in [-0.4, -0.2) is 11.7 Å². The molecule has 2 N–H and O–H groups in total. The van der Waals surface area contributed by atoms with Crippen LogP contribution in [0.5, 0.6) is 0 Å². The zero-order chi connectivity index (χ0) is 13.7. The van der Waals surface area contributed by atoms with Crippen LogP contribution in [0.15, 0.2) is 48.5 Å². The van der Waals surface area contributed by atoms with Crippen LogP contribution in [-0.2, 0) is 6.42 Å². The van der Waals surface area contributed by atoms with E-state index in [4.69, 9.17) is 16.7 Å². The molecule has 0 aliphatic carbocycles. The number of anilines is 1. The van der Waals surface area contributed by atoms with E-state index in [0.717, 1.165) is 21.8 Å². The molecule has 0 saturated carbocycles. The van der Waals surface area contributed by atoms with Gasteiger partial charge in [-0.2, -0.15) is 0 Å². The molecule has 0 saturated heterocycles. The van der Waals surface area contributed by atoms with Crippen molar-refractivity contribution in [1.29, 1.82) is 0 Å². The summed E-state index contributed by atoms with van der Waals surface area (Å²) in [5.74, 6) is 0. The van der Waals surface area contributed by atoms with Gasteiger partial charge in [0.2, 0.25) is 0 Å². The highest BCUT2D eigenvalue weighted by molar-refractivity contribution is 6.31. The smallest absolute Gasteiger partial charge is 0.0500 e. The number of halogens is 1. The predicted octanol–water partition coefficient (Wildman–Crippen LogP) is 4.05. The molecule has 0 heterocycles. The first-order valence-corrected chi connectivity index (χ1v) is 6.79. The lowest BCUT2D eigenvalue weighted by Crippen LogP contribution is -2.07. The molecule has 3 heteroatoms. The van der Waals surface area contributed by atoms with E-state index in [0.29, 0.717) is 6.42 Å². The number of aliphatic hydroxyl groups is 1. The van der Waals surface area contributed by atoms with Gasteiger partial charge < -0.3 is 10.4 Å². The van der Waals surface area contributed by atoms with Crippen LogP contribution in [0.4, 0.5) is 5.69 Å². The van der Waals surface area contributed by atoms with Crippen LogP contribution in [0, 0.1) is 0 Å². The van der Waals surface area contributed by atoms with Crippen LogP contribution in [0.25, 0.3) is 0 Å². The summed E-state index contributed by atoms with van der Waals surface area (Å²) in [7, 11) is 0. The number of rotatable bonds is 5. The van der Waals surface area contributed by atoms with Crippen LogP contribution in [0.2, 0.25) is 5.02 Å². The third-order valence-corrected chi connectivity index (χ3v) is 3.45. The molecule has 2 nitrogen and oxygen atoms in total. The monoisotopic (exact) mass is 275 g/mol. The average molecular weight is 276 g/mol. The molecule has 2 aromatic rings. The Bertz CT molecular complexity index is 525. The minimum absolute atomic E-state index is 0.150. The highest BCUT2D eigenvalue weighted by Gasteiger charge is 2.08. The number of aliphatic hydroxyl groups excluding tert-OH is 1. The van der Waals surface area contributed by atoms with E-state index in [1.54, 1.807) is 0 Å². The molecule has 0 radical (unpaired) electrons. The normalized spacial score (nSPS) is 12.2. The van der Waals surface area contributed by atoms with Crippen LogP contribution in [0.1, 0.15) is 24.1 Å². The molecule has 100 valence electrons. The molecule has 0 spiro atoms. The van der Waals surface area contributed by atoms with Crippen molar-refractivity contribution < 1.29 is 5.11 Å². The summed E-state index contributed by atoms with van der Waals surface area (Å²) in [5, 5.41) is 13.1. The molecule has 0 aromatic heterocycles. The minimum atomic E-state index is 0.150. The second-order valence-electron chi connectivity index (χ2n) is 4.56. The Morgan fingerprint density at radius 3 is 2.42 bits per heavy atom. The molecule has 19 heavy (non-hydrogen) atoms. The van der Waals surface area contributed by atoms with E-state index in [9.17, 15) is 0 Å². The van der Waals surface area contributed by atoms with Gasteiger partial charge in [0.05, 0.1) is 0 Å². The molecule has 0 fully saturated rings. The lowest BCUT2D eigenvalue weighted by Gasteiger charge is -2.17. The molecular weight excluding hydrogens is 258 g/mol. The Morgan fingerprint density at radius 1 is 1.11 bits per heavy atom. The first-order valence-electron chi connectivity index (χ1n) is 6.41. The van der Waals surface area contributed by atoms with Gasteiger partial charge in [-0.3, -0.25) is 0 Å². The molecule has 2 aromatic carbocycles. The van der Waals surface area contributed by atoms with Crippen molar-refractivity contribution in [2.24, 2.45) is 0 Å². The summed E-state index contributed by atoms with van der Waals surface area (Å²) in [6, 6.07) is 16.1. The lowest BCUT2D eigenvalue weighted by atomic mass is 10.1. The van der Waals surface area contributed by atoms with Gasteiger partial charge in [-0.15, -0.1) is 0 Å². The van der Waals surface area contributed by atoms with Gasteiger partial charge in [0.15, 0.2) is 0 Å². The molecular formula is C16H18ClNO. The maximum atomic E-state index is 8.88. The highest BCUT2D eigenvalue weighted by atomic mass is 35.5. The predicted molar refractivity (Wildman–Crippen MR) is 80.7 cm³/mol. The highest BCUT2D eigenvalue weighted by Crippen LogP contribution is 2.25. The fourth-order valence-electron chi connectivity index (χ4n) is 2.05. The van der Waals surface area contributed by atoms with Gasteiger partial charge in [0, 0.05) is 23.4 Å². The number of benzene rings is 2. The summed E-state index contributed by atoms with van der Waals surface area (Å²) in [5.41, 5.74) is 3.27. The summed E-state index contributed by atoms with van der Waals surface area (Å²) < 4.78 is 0. The third-order valence-electron chi connectivity index (χ3n) is 3.11.